The number of amides is 1. The van der Waals surface area contributed by atoms with Crippen molar-refractivity contribution in [2.45, 2.75) is 25.4 Å². The number of hydrogen-bond donors (Lipinski definition) is 2. The summed E-state index contributed by atoms with van der Waals surface area (Å²) in [5.74, 6) is -2.36. The van der Waals surface area contributed by atoms with Crippen molar-refractivity contribution < 1.29 is 4.79 Å². The van der Waals surface area contributed by atoms with Crippen LogP contribution in [-0.4, -0.2) is 11.6 Å². The highest BCUT2D eigenvalue weighted by Gasteiger charge is 2.79. The summed E-state index contributed by atoms with van der Waals surface area (Å²) in [4.78, 5) is 12.8. The lowest BCUT2D eigenvalue weighted by atomic mass is 9.45. The van der Waals surface area contributed by atoms with Crippen LogP contribution in [0.25, 0.3) is 0 Å². The molecule has 2 fully saturated rings. The first kappa shape index (κ1) is 16.0. The second-order valence-corrected chi connectivity index (χ2v) is 6.74. The average Bonchev–Trinajstić information content (AvgIpc) is 2.77. The molecule has 1 saturated carbocycles. The third-order valence-electron chi connectivity index (χ3n) is 6.08. The van der Waals surface area contributed by atoms with Crippen molar-refractivity contribution in [1.29, 1.82) is 15.8 Å². The Balaban J connectivity index is 2.40. The third-order valence-corrected chi connectivity index (χ3v) is 6.08. The quantitative estimate of drug-likeness (QED) is 0.808. The molecule has 24 heavy (non-hydrogen) atoms. The first-order chi connectivity index (χ1) is 11.4. The van der Waals surface area contributed by atoms with Crippen LogP contribution in [-0.2, 0) is 4.79 Å². The molecular weight excluding hydrogens is 302 g/mol. The number of nitrogens with zero attached hydrogens (tertiary/aromatic N) is 3. The van der Waals surface area contributed by atoms with Gasteiger partial charge in [-0.25, -0.2) is 0 Å². The maximum absolute atomic E-state index is 12.8. The molecule has 2 bridgehead atoms. The van der Waals surface area contributed by atoms with E-state index in [4.69, 9.17) is 5.73 Å². The number of carbonyl (C=O) groups excluding carboxylic acids is 1. The number of nitriles is 3. The number of carbonyl (C=O) groups is 1. The highest BCUT2D eigenvalue weighted by molar-refractivity contribution is 5.93. The Morgan fingerprint density at radius 2 is 1.67 bits per heavy atom. The molecule has 0 aromatic heterocycles. The summed E-state index contributed by atoms with van der Waals surface area (Å²) in [7, 11) is 0. The van der Waals surface area contributed by atoms with Crippen LogP contribution in [0.2, 0.25) is 0 Å². The van der Waals surface area contributed by atoms with Gasteiger partial charge in [0.25, 0.3) is 0 Å². The van der Waals surface area contributed by atoms with Gasteiger partial charge in [0.2, 0.25) is 5.91 Å². The molecule has 1 saturated heterocycles. The van der Waals surface area contributed by atoms with E-state index in [-0.39, 0.29) is 0 Å². The molecule has 1 heterocycles. The maximum Gasteiger partial charge on any atom is 0.245 e. The van der Waals surface area contributed by atoms with Crippen molar-refractivity contribution in [2.75, 3.05) is 0 Å². The smallest absolute Gasteiger partial charge is 0.245 e. The highest BCUT2D eigenvalue weighted by atomic mass is 16.2. The molecule has 1 aliphatic heterocycles. The van der Waals surface area contributed by atoms with Crippen LogP contribution >= 0.6 is 0 Å². The third kappa shape index (κ3) is 1.44. The predicted molar refractivity (Wildman–Crippen MR) is 84.3 cm³/mol. The molecule has 0 unspecified atom stereocenters. The number of fused-ring (bicyclic) bond motifs is 2. The van der Waals surface area contributed by atoms with Gasteiger partial charge in [0, 0.05) is 17.8 Å². The van der Waals surface area contributed by atoms with Crippen molar-refractivity contribution >= 4 is 5.91 Å². The van der Waals surface area contributed by atoms with Gasteiger partial charge in [-0.1, -0.05) is 44.2 Å². The van der Waals surface area contributed by atoms with Gasteiger partial charge in [-0.05, 0) is 5.56 Å². The van der Waals surface area contributed by atoms with Gasteiger partial charge < -0.3 is 11.1 Å². The largest absolute Gasteiger partial charge is 0.336 e. The molecule has 1 aromatic carbocycles. The molecule has 3 rings (SSSR count). The Kier molecular flexibility index (Phi) is 3.20. The van der Waals surface area contributed by atoms with Crippen molar-refractivity contribution in [2.24, 2.45) is 28.4 Å². The lowest BCUT2D eigenvalue weighted by molar-refractivity contribution is -0.129. The zero-order valence-corrected chi connectivity index (χ0v) is 13.4. The minimum atomic E-state index is -1.81. The monoisotopic (exact) mass is 319 g/mol. The van der Waals surface area contributed by atoms with Crippen molar-refractivity contribution in [3.8, 4) is 18.2 Å². The Morgan fingerprint density at radius 3 is 2.17 bits per heavy atom. The SMILES string of the molecule is C[C@@H]1[C@]2(N)NC(=O)[C@]1(C#N)C(C#N)(C#N)[C@@H](c1ccccc1)[C@@H]2C. The van der Waals surface area contributed by atoms with E-state index in [9.17, 15) is 20.6 Å². The van der Waals surface area contributed by atoms with E-state index in [1.807, 2.05) is 31.2 Å². The molecule has 0 spiro atoms. The van der Waals surface area contributed by atoms with Crippen LogP contribution in [0.3, 0.4) is 0 Å². The maximum atomic E-state index is 12.8. The van der Waals surface area contributed by atoms with Crippen molar-refractivity contribution in [3.05, 3.63) is 35.9 Å². The fourth-order valence-corrected chi connectivity index (χ4v) is 4.66. The molecule has 5 atom stereocenters. The van der Waals surface area contributed by atoms with E-state index >= 15 is 0 Å². The fraction of sp³-hybridized carbons (Fsp3) is 0.444. The minimum Gasteiger partial charge on any atom is -0.336 e. The molecule has 2 aliphatic rings. The standard InChI is InChI=1S/C18H17N5O/c1-11-14(13-6-4-3-5-7-13)16(8-19,9-20)17(10-21)12(2)18(11,22)23-15(17)24/h3-7,11-12,14H,22H2,1-2H3,(H,23,24)/t11-,12-,14+,17+,18+/m0/s1. The average molecular weight is 319 g/mol. The zero-order valence-electron chi connectivity index (χ0n) is 13.4. The summed E-state index contributed by atoms with van der Waals surface area (Å²) in [5.41, 5.74) is 2.45. The van der Waals surface area contributed by atoms with Crippen molar-refractivity contribution in [1.82, 2.24) is 5.32 Å². The first-order valence-electron chi connectivity index (χ1n) is 7.76. The van der Waals surface area contributed by atoms with Crippen LogP contribution < -0.4 is 11.1 Å². The summed E-state index contributed by atoms with van der Waals surface area (Å²) in [6, 6.07) is 15.1. The van der Waals surface area contributed by atoms with Gasteiger partial charge in [0.05, 0.1) is 23.9 Å². The lowest BCUT2D eigenvalue weighted by Gasteiger charge is -2.52. The van der Waals surface area contributed by atoms with Crippen LogP contribution in [0, 0.1) is 56.7 Å². The predicted octanol–water partition coefficient (Wildman–Crippen LogP) is 1.38. The van der Waals surface area contributed by atoms with Crippen LogP contribution in [0.1, 0.15) is 25.3 Å². The first-order valence-corrected chi connectivity index (χ1v) is 7.76. The highest BCUT2D eigenvalue weighted by Crippen LogP contribution is 2.66. The van der Waals surface area contributed by atoms with E-state index in [1.165, 1.54) is 0 Å². The molecule has 120 valence electrons. The molecule has 1 aliphatic carbocycles. The second-order valence-electron chi connectivity index (χ2n) is 6.74. The minimum absolute atomic E-state index is 0.401. The van der Waals surface area contributed by atoms with E-state index in [2.05, 4.69) is 5.32 Å². The fourth-order valence-electron chi connectivity index (χ4n) is 4.66. The second kappa shape index (κ2) is 4.81. The Morgan fingerprint density at radius 1 is 1.08 bits per heavy atom. The number of nitrogens with one attached hydrogen (secondary N) is 1. The van der Waals surface area contributed by atoms with Gasteiger partial charge in [0.1, 0.15) is 0 Å². The topological polar surface area (TPSA) is 126 Å². The van der Waals surface area contributed by atoms with Crippen molar-refractivity contribution in [3.63, 3.8) is 0 Å². The molecule has 0 radical (unpaired) electrons. The molecular formula is C18H17N5O. The number of benzene rings is 1. The van der Waals surface area contributed by atoms with Crippen LogP contribution in [0.4, 0.5) is 0 Å². The zero-order chi connectivity index (χ0) is 17.8. The Bertz CT molecular complexity index is 816. The summed E-state index contributed by atoms with van der Waals surface area (Å²) in [6.07, 6.45) is 0. The number of rotatable bonds is 1. The summed E-state index contributed by atoms with van der Waals surface area (Å²) < 4.78 is 0. The Hall–Kier alpha value is -2.88. The van der Waals surface area contributed by atoms with E-state index in [1.54, 1.807) is 31.2 Å². The molecule has 1 amide bonds. The lowest BCUT2D eigenvalue weighted by Crippen LogP contribution is -2.66. The number of hydrogen-bond acceptors (Lipinski definition) is 5. The number of nitrogens with two attached hydrogens (primary N) is 1. The Labute approximate surface area is 140 Å². The molecule has 3 N–H and O–H groups in total. The van der Waals surface area contributed by atoms with Gasteiger partial charge in [-0.2, -0.15) is 15.8 Å². The summed E-state index contributed by atoms with van der Waals surface area (Å²) in [6.45, 7) is 3.49. The van der Waals surface area contributed by atoms with Gasteiger partial charge in [-0.15, -0.1) is 0 Å². The molecule has 6 nitrogen and oxygen atoms in total. The normalized spacial score (nSPS) is 39.2. The molecule has 6 heteroatoms. The van der Waals surface area contributed by atoms with E-state index in [0.717, 1.165) is 5.56 Å². The van der Waals surface area contributed by atoms with Crippen LogP contribution in [0.5, 0.6) is 0 Å². The van der Waals surface area contributed by atoms with E-state index in [0.29, 0.717) is 0 Å². The van der Waals surface area contributed by atoms with Crippen LogP contribution in [0.15, 0.2) is 30.3 Å². The van der Waals surface area contributed by atoms with Gasteiger partial charge in [-0.3, -0.25) is 4.79 Å². The van der Waals surface area contributed by atoms with Gasteiger partial charge >= 0.3 is 0 Å². The summed E-state index contributed by atoms with van der Waals surface area (Å²) >= 11 is 0. The van der Waals surface area contributed by atoms with Gasteiger partial charge in [0.15, 0.2) is 10.8 Å². The van der Waals surface area contributed by atoms with E-state index < -0.39 is 40.2 Å². The molecule has 1 aromatic rings. The summed E-state index contributed by atoms with van der Waals surface area (Å²) in [5, 5.41) is 32.6.